The number of fused-ring (bicyclic) bond motifs is 1. The molecule has 1 N–H and O–H groups in total. The summed E-state index contributed by atoms with van der Waals surface area (Å²) in [5.41, 5.74) is 3.59. The standard InChI is InChI=1S/C17H22N2/c1-12-9-10-16(15-8-5-11-18-17(12)15)19-13(2)14-6-3-4-7-14/h5,8-11,13-14,19H,3-4,6-7H2,1-2H3. The Morgan fingerprint density at radius 3 is 2.79 bits per heavy atom. The zero-order valence-electron chi connectivity index (χ0n) is 11.8. The van der Waals surface area contributed by atoms with Crippen LogP contribution in [0, 0.1) is 12.8 Å². The predicted molar refractivity (Wildman–Crippen MR) is 81.5 cm³/mol. The van der Waals surface area contributed by atoms with Crippen LogP contribution in [0.3, 0.4) is 0 Å². The molecule has 1 heterocycles. The van der Waals surface area contributed by atoms with Crippen LogP contribution in [-0.2, 0) is 0 Å². The number of hydrogen-bond acceptors (Lipinski definition) is 2. The van der Waals surface area contributed by atoms with E-state index in [9.17, 15) is 0 Å². The Kier molecular flexibility index (Phi) is 3.41. The molecular weight excluding hydrogens is 232 g/mol. The second kappa shape index (κ2) is 5.20. The topological polar surface area (TPSA) is 24.9 Å². The Bertz CT molecular complexity index is 570. The van der Waals surface area contributed by atoms with E-state index >= 15 is 0 Å². The van der Waals surface area contributed by atoms with Gasteiger partial charge in [-0.1, -0.05) is 18.9 Å². The van der Waals surface area contributed by atoms with Gasteiger partial charge in [-0.3, -0.25) is 4.98 Å². The molecule has 1 aliphatic rings. The molecule has 19 heavy (non-hydrogen) atoms. The number of benzene rings is 1. The number of nitrogens with one attached hydrogen (secondary N) is 1. The summed E-state index contributed by atoms with van der Waals surface area (Å²) in [5.74, 6) is 0.827. The maximum Gasteiger partial charge on any atom is 0.0751 e. The quantitative estimate of drug-likeness (QED) is 0.870. The average molecular weight is 254 g/mol. The molecule has 0 radical (unpaired) electrons. The summed E-state index contributed by atoms with van der Waals surface area (Å²) in [7, 11) is 0. The van der Waals surface area contributed by atoms with Crippen LogP contribution in [0.1, 0.15) is 38.2 Å². The highest BCUT2D eigenvalue weighted by molar-refractivity contribution is 5.93. The average Bonchev–Trinajstić information content (AvgIpc) is 2.96. The van der Waals surface area contributed by atoms with Crippen LogP contribution in [0.15, 0.2) is 30.5 Å². The van der Waals surface area contributed by atoms with E-state index < -0.39 is 0 Å². The summed E-state index contributed by atoms with van der Waals surface area (Å²) >= 11 is 0. The van der Waals surface area contributed by atoms with Gasteiger partial charge in [-0.2, -0.15) is 0 Å². The number of rotatable bonds is 3. The van der Waals surface area contributed by atoms with E-state index in [4.69, 9.17) is 0 Å². The molecule has 1 aliphatic carbocycles. The van der Waals surface area contributed by atoms with Crippen molar-refractivity contribution >= 4 is 16.6 Å². The fourth-order valence-electron chi connectivity index (χ4n) is 3.26. The van der Waals surface area contributed by atoms with Crippen molar-refractivity contribution < 1.29 is 0 Å². The van der Waals surface area contributed by atoms with E-state index in [1.165, 1.54) is 42.3 Å². The molecule has 0 saturated heterocycles. The molecule has 1 aromatic heterocycles. The maximum atomic E-state index is 4.51. The van der Waals surface area contributed by atoms with E-state index in [1.807, 2.05) is 12.3 Å². The van der Waals surface area contributed by atoms with Gasteiger partial charge in [0.05, 0.1) is 5.52 Å². The molecule has 0 bridgehead atoms. The molecular formula is C17H22N2. The highest BCUT2D eigenvalue weighted by Crippen LogP contribution is 2.31. The van der Waals surface area contributed by atoms with Crippen molar-refractivity contribution in [3.05, 3.63) is 36.0 Å². The van der Waals surface area contributed by atoms with E-state index in [2.05, 4.69) is 42.3 Å². The minimum Gasteiger partial charge on any atom is -0.382 e. The molecule has 2 aromatic rings. The molecule has 2 nitrogen and oxygen atoms in total. The Balaban J connectivity index is 1.90. The zero-order chi connectivity index (χ0) is 13.2. The maximum absolute atomic E-state index is 4.51. The second-order valence-electron chi connectivity index (χ2n) is 5.81. The summed E-state index contributed by atoms with van der Waals surface area (Å²) < 4.78 is 0. The smallest absolute Gasteiger partial charge is 0.0751 e. The molecule has 1 unspecified atom stereocenters. The molecule has 1 fully saturated rings. The lowest BCUT2D eigenvalue weighted by Crippen LogP contribution is -2.23. The van der Waals surface area contributed by atoms with E-state index in [-0.39, 0.29) is 0 Å². The third kappa shape index (κ3) is 2.44. The molecule has 1 atom stereocenters. The van der Waals surface area contributed by atoms with Crippen molar-refractivity contribution in [2.24, 2.45) is 5.92 Å². The fraction of sp³-hybridized carbons (Fsp3) is 0.471. The van der Waals surface area contributed by atoms with Gasteiger partial charge in [0, 0.05) is 23.3 Å². The van der Waals surface area contributed by atoms with Gasteiger partial charge in [-0.25, -0.2) is 0 Å². The molecule has 1 aromatic carbocycles. The number of pyridine rings is 1. The van der Waals surface area contributed by atoms with Crippen LogP contribution in [-0.4, -0.2) is 11.0 Å². The Morgan fingerprint density at radius 1 is 1.21 bits per heavy atom. The second-order valence-corrected chi connectivity index (χ2v) is 5.81. The minimum atomic E-state index is 0.550. The molecule has 3 rings (SSSR count). The minimum absolute atomic E-state index is 0.550. The van der Waals surface area contributed by atoms with Gasteiger partial charge in [0.15, 0.2) is 0 Å². The third-order valence-corrected chi connectivity index (χ3v) is 4.46. The van der Waals surface area contributed by atoms with Crippen molar-refractivity contribution in [3.8, 4) is 0 Å². The predicted octanol–water partition coefficient (Wildman–Crippen LogP) is 4.53. The normalized spacial score (nSPS) is 17.8. The van der Waals surface area contributed by atoms with Crippen molar-refractivity contribution in [2.75, 3.05) is 5.32 Å². The summed E-state index contributed by atoms with van der Waals surface area (Å²) in [5, 5.41) is 4.96. The van der Waals surface area contributed by atoms with Crippen LogP contribution in [0.5, 0.6) is 0 Å². The van der Waals surface area contributed by atoms with Gasteiger partial charge in [0.1, 0.15) is 0 Å². The highest BCUT2D eigenvalue weighted by Gasteiger charge is 2.21. The zero-order valence-corrected chi connectivity index (χ0v) is 11.8. The van der Waals surface area contributed by atoms with Crippen LogP contribution in [0.2, 0.25) is 0 Å². The first-order chi connectivity index (χ1) is 9.25. The fourth-order valence-corrected chi connectivity index (χ4v) is 3.26. The van der Waals surface area contributed by atoms with Gasteiger partial charge in [0.2, 0.25) is 0 Å². The lowest BCUT2D eigenvalue weighted by Gasteiger charge is -2.22. The summed E-state index contributed by atoms with van der Waals surface area (Å²) in [6, 6.07) is 9.10. The van der Waals surface area contributed by atoms with Gasteiger partial charge >= 0.3 is 0 Å². The number of aromatic nitrogens is 1. The van der Waals surface area contributed by atoms with E-state index in [0.717, 1.165) is 11.4 Å². The lowest BCUT2D eigenvalue weighted by atomic mass is 9.99. The van der Waals surface area contributed by atoms with Crippen molar-refractivity contribution in [1.29, 1.82) is 0 Å². The Morgan fingerprint density at radius 2 is 2.00 bits per heavy atom. The largest absolute Gasteiger partial charge is 0.382 e. The van der Waals surface area contributed by atoms with Crippen LogP contribution >= 0.6 is 0 Å². The summed E-state index contributed by atoms with van der Waals surface area (Å²) in [4.78, 5) is 4.51. The van der Waals surface area contributed by atoms with Gasteiger partial charge in [-0.15, -0.1) is 0 Å². The molecule has 0 amide bonds. The van der Waals surface area contributed by atoms with Gasteiger partial charge in [0.25, 0.3) is 0 Å². The van der Waals surface area contributed by atoms with Crippen molar-refractivity contribution in [2.45, 2.75) is 45.6 Å². The summed E-state index contributed by atoms with van der Waals surface area (Å²) in [6.07, 6.45) is 7.41. The highest BCUT2D eigenvalue weighted by atomic mass is 14.9. The monoisotopic (exact) mass is 254 g/mol. The molecule has 2 heteroatoms. The number of aryl methyl sites for hydroxylation is 1. The van der Waals surface area contributed by atoms with Crippen LogP contribution in [0.4, 0.5) is 5.69 Å². The molecule has 100 valence electrons. The van der Waals surface area contributed by atoms with Crippen molar-refractivity contribution in [1.82, 2.24) is 4.98 Å². The number of anilines is 1. The Hall–Kier alpha value is -1.57. The first-order valence-electron chi connectivity index (χ1n) is 7.36. The van der Waals surface area contributed by atoms with Crippen LogP contribution < -0.4 is 5.32 Å². The Labute approximate surface area is 115 Å². The summed E-state index contributed by atoms with van der Waals surface area (Å²) in [6.45, 7) is 4.44. The molecule has 0 spiro atoms. The van der Waals surface area contributed by atoms with E-state index in [1.54, 1.807) is 0 Å². The van der Waals surface area contributed by atoms with Crippen LogP contribution in [0.25, 0.3) is 10.9 Å². The molecule has 1 saturated carbocycles. The van der Waals surface area contributed by atoms with Gasteiger partial charge in [-0.05, 0) is 56.4 Å². The number of nitrogens with zero attached hydrogens (tertiary/aromatic N) is 1. The molecule has 0 aliphatic heterocycles. The SMILES string of the molecule is Cc1ccc(NC(C)C2CCCC2)c2cccnc12. The first kappa shape index (κ1) is 12.5. The third-order valence-electron chi connectivity index (χ3n) is 4.46. The van der Waals surface area contributed by atoms with Crippen molar-refractivity contribution in [3.63, 3.8) is 0 Å². The number of hydrogen-bond donors (Lipinski definition) is 1. The van der Waals surface area contributed by atoms with E-state index in [0.29, 0.717) is 6.04 Å². The lowest BCUT2D eigenvalue weighted by molar-refractivity contribution is 0.482. The van der Waals surface area contributed by atoms with Gasteiger partial charge < -0.3 is 5.32 Å². The first-order valence-corrected chi connectivity index (χ1v) is 7.36.